The Morgan fingerprint density at radius 1 is 1.18 bits per heavy atom. The molecule has 0 aromatic heterocycles. The van der Waals surface area contributed by atoms with Gasteiger partial charge in [0.1, 0.15) is 5.82 Å². The number of rotatable bonds is 3. The molecule has 5 nitrogen and oxygen atoms in total. The largest absolute Gasteiger partial charge is 0.319 e. The Balaban J connectivity index is 2.43. The van der Waals surface area contributed by atoms with Crippen LogP contribution in [0.4, 0.5) is 10.1 Å². The van der Waals surface area contributed by atoms with Gasteiger partial charge < -0.3 is 5.32 Å². The molecule has 0 heterocycles. The molecule has 0 bridgehead atoms. The number of aryl methyl sites for hydroxylation is 1. The summed E-state index contributed by atoms with van der Waals surface area (Å²) < 4.78 is 36.7. The van der Waals surface area contributed by atoms with Crippen LogP contribution in [-0.4, -0.2) is 14.3 Å². The van der Waals surface area contributed by atoms with Crippen molar-refractivity contribution in [2.75, 3.05) is 5.32 Å². The van der Waals surface area contributed by atoms with Crippen molar-refractivity contribution in [1.29, 1.82) is 0 Å². The average molecular weight is 322 g/mol. The van der Waals surface area contributed by atoms with Gasteiger partial charge in [-0.1, -0.05) is 12.1 Å². The van der Waals surface area contributed by atoms with Gasteiger partial charge in [-0.2, -0.15) is 0 Å². The minimum absolute atomic E-state index is 0.0166. The predicted octanol–water partition coefficient (Wildman–Crippen LogP) is 2.34. The number of carbonyl (C=O) groups excluding carboxylic acids is 1. The molecular weight excluding hydrogens is 307 g/mol. The highest BCUT2D eigenvalue weighted by molar-refractivity contribution is 7.89. The number of benzene rings is 2. The molecule has 0 spiro atoms. The quantitative estimate of drug-likeness (QED) is 0.909. The molecule has 0 aliphatic rings. The van der Waals surface area contributed by atoms with E-state index in [4.69, 9.17) is 5.14 Å². The second-order valence-electron chi connectivity index (χ2n) is 4.90. The van der Waals surface area contributed by atoms with E-state index < -0.39 is 21.7 Å². The molecule has 116 valence electrons. The van der Waals surface area contributed by atoms with Crippen LogP contribution in [0.5, 0.6) is 0 Å². The molecule has 0 radical (unpaired) electrons. The van der Waals surface area contributed by atoms with Gasteiger partial charge in [-0.15, -0.1) is 0 Å². The predicted molar refractivity (Wildman–Crippen MR) is 81.6 cm³/mol. The summed E-state index contributed by atoms with van der Waals surface area (Å²) in [6, 6.07) is 8.42. The number of carbonyl (C=O) groups is 1. The topological polar surface area (TPSA) is 89.3 Å². The summed E-state index contributed by atoms with van der Waals surface area (Å²) in [6.45, 7) is 3.28. The number of primary sulfonamides is 1. The van der Waals surface area contributed by atoms with Crippen LogP contribution < -0.4 is 10.5 Å². The van der Waals surface area contributed by atoms with Crippen molar-refractivity contribution in [3.63, 3.8) is 0 Å². The standard InChI is InChI=1S/C15H15FN2O3S/c1-9-7-11(8-14(10(9)2)22(17,20)21)15(19)18-13-6-4-3-5-12(13)16/h3-8H,1-2H3,(H,18,19)(H2,17,20,21). The van der Waals surface area contributed by atoms with Crippen LogP contribution in [-0.2, 0) is 10.0 Å². The maximum absolute atomic E-state index is 13.5. The summed E-state index contributed by atoms with van der Waals surface area (Å²) in [6.07, 6.45) is 0. The maximum Gasteiger partial charge on any atom is 0.255 e. The molecule has 1 amide bonds. The third-order valence-electron chi connectivity index (χ3n) is 3.31. The fraction of sp³-hybridized carbons (Fsp3) is 0.133. The first-order chi connectivity index (χ1) is 10.2. The Kier molecular flexibility index (Phi) is 4.30. The highest BCUT2D eigenvalue weighted by Crippen LogP contribution is 2.21. The lowest BCUT2D eigenvalue weighted by molar-refractivity contribution is 0.102. The molecule has 22 heavy (non-hydrogen) atoms. The van der Waals surface area contributed by atoms with E-state index in [1.165, 1.54) is 30.3 Å². The number of nitrogens with two attached hydrogens (primary N) is 1. The second kappa shape index (κ2) is 5.86. The molecule has 2 aromatic carbocycles. The minimum Gasteiger partial charge on any atom is -0.319 e. The second-order valence-corrected chi connectivity index (χ2v) is 6.43. The summed E-state index contributed by atoms with van der Waals surface area (Å²) in [5.41, 5.74) is 1.19. The van der Waals surface area contributed by atoms with Gasteiger partial charge in [0.15, 0.2) is 0 Å². The zero-order chi connectivity index (χ0) is 16.5. The third kappa shape index (κ3) is 3.32. The van der Waals surface area contributed by atoms with Crippen LogP contribution in [0.25, 0.3) is 0 Å². The van der Waals surface area contributed by atoms with Gasteiger partial charge in [0, 0.05) is 5.56 Å². The number of nitrogens with one attached hydrogen (secondary N) is 1. The van der Waals surface area contributed by atoms with Crippen molar-refractivity contribution in [3.05, 3.63) is 58.9 Å². The first-order valence-corrected chi connectivity index (χ1v) is 7.94. The van der Waals surface area contributed by atoms with E-state index in [2.05, 4.69) is 5.32 Å². The first-order valence-electron chi connectivity index (χ1n) is 6.40. The number of anilines is 1. The number of hydrogen-bond acceptors (Lipinski definition) is 3. The number of para-hydroxylation sites is 1. The molecule has 0 atom stereocenters. The number of halogens is 1. The lowest BCUT2D eigenvalue weighted by atomic mass is 10.1. The smallest absolute Gasteiger partial charge is 0.255 e. The molecule has 0 fully saturated rings. The summed E-state index contributed by atoms with van der Waals surface area (Å²) in [5.74, 6) is -1.19. The fourth-order valence-electron chi connectivity index (χ4n) is 2.01. The fourth-order valence-corrected chi connectivity index (χ4v) is 2.89. The van der Waals surface area contributed by atoms with Crippen molar-refractivity contribution >= 4 is 21.6 Å². The van der Waals surface area contributed by atoms with Crippen molar-refractivity contribution in [1.82, 2.24) is 0 Å². The van der Waals surface area contributed by atoms with E-state index >= 15 is 0 Å². The van der Waals surface area contributed by atoms with Crippen molar-refractivity contribution < 1.29 is 17.6 Å². The highest BCUT2D eigenvalue weighted by atomic mass is 32.2. The third-order valence-corrected chi connectivity index (χ3v) is 4.35. The van der Waals surface area contributed by atoms with Gasteiger partial charge in [-0.25, -0.2) is 17.9 Å². The Hall–Kier alpha value is -2.25. The van der Waals surface area contributed by atoms with Gasteiger partial charge in [-0.3, -0.25) is 4.79 Å². The van der Waals surface area contributed by atoms with Crippen LogP contribution >= 0.6 is 0 Å². The van der Waals surface area contributed by atoms with Gasteiger partial charge in [0.25, 0.3) is 5.91 Å². The summed E-state index contributed by atoms with van der Waals surface area (Å²) >= 11 is 0. The molecule has 0 aliphatic heterocycles. The molecule has 0 saturated carbocycles. The molecule has 0 saturated heterocycles. The summed E-state index contributed by atoms with van der Waals surface area (Å²) in [5, 5.41) is 7.55. The van der Waals surface area contributed by atoms with Gasteiger partial charge in [0.05, 0.1) is 10.6 Å². The van der Waals surface area contributed by atoms with Crippen LogP contribution in [0.15, 0.2) is 41.3 Å². The lowest BCUT2D eigenvalue weighted by Crippen LogP contribution is -2.18. The van der Waals surface area contributed by atoms with E-state index in [0.717, 1.165) is 0 Å². The first kappa shape index (κ1) is 16.1. The van der Waals surface area contributed by atoms with Crippen LogP contribution in [0.3, 0.4) is 0 Å². The van der Waals surface area contributed by atoms with E-state index in [9.17, 15) is 17.6 Å². The Morgan fingerprint density at radius 2 is 1.82 bits per heavy atom. The Morgan fingerprint density at radius 3 is 2.41 bits per heavy atom. The lowest BCUT2D eigenvalue weighted by Gasteiger charge is -2.11. The van der Waals surface area contributed by atoms with E-state index in [1.54, 1.807) is 19.9 Å². The van der Waals surface area contributed by atoms with Crippen molar-refractivity contribution in [2.45, 2.75) is 18.7 Å². The summed E-state index contributed by atoms with van der Waals surface area (Å²) in [4.78, 5) is 12.1. The molecule has 7 heteroatoms. The summed E-state index contributed by atoms with van der Waals surface area (Å²) in [7, 11) is -3.95. The number of amides is 1. The molecule has 3 N–H and O–H groups in total. The SMILES string of the molecule is Cc1cc(C(=O)Nc2ccccc2F)cc(S(N)(=O)=O)c1C. The minimum atomic E-state index is -3.95. The highest BCUT2D eigenvalue weighted by Gasteiger charge is 2.18. The Bertz CT molecular complexity index is 848. The average Bonchev–Trinajstić information content (AvgIpc) is 2.42. The van der Waals surface area contributed by atoms with E-state index in [-0.39, 0.29) is 16.1 Å². The number of sulfonamides is 1. The maximum atomic E-state index is 13.5. The zero-order valence-corrected chi connectivity index (χ0v) is 12.9. The molecule has 2 rings (SSSR count). The van der Waals surface area contributed by atoms with Crippen LogP contribution in [0.2, 0.25) is 0 Å². The van der Waals surface area contributed by atoms with Crippen LogP contribution in [0, 0.1) is 19.7 Å². The monoisotopic (exact) mass is 322 g/mol. The number of hydrogen-bond donors (Lipinski definition) is 2. The van der Waals surface area contributed by atoms with Crippen molar-refractivity contribution in [3.8, 4) is 0 Å². The van der Waals surface area contributed by atoms with E-state index in [1.807, 2.05) is 0 Å². The Labute approximate surface area is 128 Å². The molecule has 0 aliphatic carbocycles. The normalized spacial score (nSPS) is 11.3. The molecule has 0 unspecified atom stereocenters. The van der Waals surface area contributed by atoms with Crippen LogP contribution in [0.1, 0.15) is 21.5 Å². The van der Waals surface area contributed by atoms with Gasteiger partial charge in [-0.05, 0) is 49.2 Å². The van der Waals surface area contributed by atoms with Gasteiger partial charge in [0.2, 0.25) is 10.0 Å². The molecule has 2 aromatic rings. The zero-order valence-electron chi connectivity index (χ0n) is 12.1. The van der Waals surface area contributed by atoms with E-state index in [0.29, 0.717) is 11.1 Å². The van der Waals surface area contributed by atoms with Gasteiger partial charge >= 0.3 is 0 Å². The molecular formula is C15H15FN2O3S. The van der Waals surface area contributed by atoms with Crippen molar-refractivity contribution in [2.24, 2.45) is 5.14 Å².